The Morgan fingerprint density at radius 2 is 1.74 bits per heavy atom. The smallest absolute Gasteiger partial charge is 0.326 e. The van der Waals surface area contributed by atoms with Crippen LogP contribution in [0.2, 0.25) is 5.02 Å². The molecular formula is C29H35ClN2O3. The molecule has 6 heteroatoms. The van der Waals surface area contributed by atoms with Gasteiger partial charge < -0.3 is 15.3 Å². The van der Waals surface area contributed by atoms with Crippen molar-refractivity contribution in [3.05, 3.63) is 58.6 Å². The van der Waals surface area contributed by atoms with Crippen LogP contribution < -0.4 is 5.32 Å². The summed E-state index contributed by atoms with van der Waals surface area (Å²) in [5.74, 6) is 1.34. The van der Waals surface area contributed by atoms with Gasteiger partial charge in [-0.05, 0) is 110 Å². The van der Waals surface area contributed by atoms with Crippen LogP contribution in [0.1, 0.15) is 74.7 Å². The monoisotopic (exact) mass is 494 g/mol. The summed E-state index contributed by atoms with van der Waals surface area (Å²) in [7, 11) is 0. The molecule has 2 aromatic rings. The molecule has 186 valence electrons. The number of carbonyl (C=O) groups excluding carboxylic acids is 1. The Kier molecular flexibility index (Phi) is 6.56. The van der Waals surface area contributed by atoms with Crippen molar-refractivity contribution in [2.45, 2.75) is 70.3 Å². The SMILES string of the molecule is CC1CC2CC(C1)CC(C)(c1ccc(Nc3ccc(C(=O)N4CCCC4C(=O)O)cc3)c(Cl)c1)C2. The van der Waals surface area contributed by atoms with E-state index in [1.165, 1.54) is 42.6 Å². The number of anilines is 2. The molecule has 2 bridgehead atoms. The molecule has 3 aliphatic rings. The number of rotatable bonds is 5. The molecule has 3 unspecified atom stereocenters. The number of carboxylic acid groups (broad SMARTS) is 1. The summed E-state index contributed by atoms with van der Waals surface area (Å²) in [5, 5.41) is 13.4. The Bertz CT molecular complexity index is 1100. The predicted molar refractivity (Wildman–Crippen MR) is 139 cm³/mol. The number of nitrogens with one attached hydrogen (secondary N) is 1. The topological polar surface area (TPSA) is 69.6 Å². The van der Waals surface area contributed by atoms with E-state index in [0.717, 1.165) is 35.5 Å². The molecule has 2 aliphatic carbocycles. The first-order valence-corrected chi connectivity index (χ1v) is 13.3. The van der Waals surface area contributed by atoms with E-state index in [9.17, 15) is 14.7 Å². The summed E-state index contributed by atoms with van der Waals surface area (Å²) in [6.45, 7) is 5.30. The Balaban J connectivity index is 1.27. The lowest BCUT2D eigenvalue weighted by Crippen LogP contribution is -2.40. The van der Waals surface area contributed by atoms with Gasteiger partial charge >= 0.3 is 5.97 Å². The van der Waals surface area contributed by atoms with Gasteiger partial charge in [-0.2, -0.15) is 0 Å². The molecule has 0 spiro atoms. The zero-order chi connectivity index (χ0) is 24.7. The number of amides is 1. The zero-order valence-electron chi connectivity index (χ0n) is 20.6. The fraction of sp³-hybridized carbons (Fsp3) is 0.517. The van der Waals surface area contributed by atoms with Crippen LogP contribution >= 0.6 is 11.6 Å². The van der Waals surface area contributed by atoms with Gasteiger partial charge in [-0.25, -0.2) is 4.79 Å². The number of carboxylic acids is 1. The molecule has 5 rings (SSSR count). The summed E-state index contributed by atoms with van der Waals surface area (Å²) >= 11 is 6.74. The normalized spacial score (nSPS) is 30.2. The third kappa shape index (κ3) is 4.93. The number of fused-ring (bicyclic) bond motifs is 2. The van der Waals surface area contributed by atoms with E-state index in [-0.39, 0.29) is 11.3 Å². The van der Waals surface area contributed by atoms with Crippen LogP contribution in [0.15, 0.2) is 42.5 Å². The molecule has 2 saturated carbocycles. The van der Waals surface area contributed by atoms with Gasteiger partial charge in [0.2, 0.25) is 0 Å². The van der Waals surface area contributed by atoms with E-state index in [4.69, 9.17) is 11.6 Å². The molecule has 35 heavy (non-hydrogen) atoms. The van der Waals surface area contributed by atoms with Crippen LogP contribution in [0.3, 0.4) is 0 Å². The first kappa shape index (κ1) is 24.2. The third-order valence-electron chi connectivity index (χ3n) is 8.49. The molecule has 5 nitrogen and oxygen atoms in total. The molecule has 1 aliphatic heterocycles. The van der Waals surface area contributed by atoms with Crippen LogP contribution in [-0.4, -0.2) is 34.5 Å². The van der Waals surface area contributed by atoms with Gasteiger partial charge in [-0.1, -0.05) is 31.5 Å². The number of hydrogen-bond acceptors (Lipinski definition) is 3. The average molecular weight is 495 g/mol. The highest BCUT2D eigenvalue weighted by Crippen LogP contribution is 2.51. The molecule has 3 atom stereocenters. The standard InChI is InChI=1S/C29H35ClN2O3/c1-18-12-19-14-20(13-18)17-29(2,16-19)22-7-10-25(24(30)15-22)31-23-8-5-21(6-9-23)27(33)32-11-3-4-26(32)28(34)35/h5-10,15,18-20,26,31H,3-4,11-14,16-17H2,1-2H3,(H,34,35). The number of halogens is 1. The predicted octanol–water partition coefficient (Wildman–Crippen LogP) is 6.88. The minimum atomic E-state index is -0.938. The van der Waals surface area contributed by atoms with Gasteiger partial charge in [-0.15, -0.1) is 0 Å². The first-order chi connectivity index (χ1) is 16.7. The van der Waals surface area contributed by atoms with Crippen molar-refractivity contribution in [2.24, 2.45) is 17.8 Å². The largest absolute Gasteiger partial charge is 0.480 e. The Morgan fingerprint density at radius 1 is 1.06 bits per heavy atom. The van der Waals surface area contributed by atoms with E-state index in [1.807, 2.05) is 12.1 Å². The molecule has 1 heterocycles. The molecular weight excluding hydrogens is 460 g/mol. The van der Waals surface area contributed by atoms with Crippen LogP contribution in [0.25, 0.3) is 0 Å². The minimum Gasteiger partial charge on any atom is -0.480 e. The molecule has 2 aromatic carbocycles. The molecule has 1 amide bonds. The van der Waals surface area contributed by atoms with Crippen molar-refractivity contribution >= 4 is 34.9 Å². The van der Waals surface area contributed by atoms with E-state index in [2.05, 4.69) is 37.4 Å². The maximum Gasteiger partial charge on any atom is 0.326 e. The second-order valence-electron chi connectivity index (χ2n) is 11.4. The van der Waals surface area contributed by atoms with Gasteiger partial charge in [0, 0.05) is 17.8 Å². The molecule has 0 aromatic heterocycles. The number of nitrogens with zero attached hydrogens (tertiary/aromatic N) is 1. The van der Waals surface area contributed by atoms with Crippen LogP contribution in [0, 0.1) is 17.8 Å². The minimum absolute atomic E-state index is 0.182. The molecule has 3 fully saturated rings. The maximum absolute atomic E-state index is 12.8. The van der Waals surface area contributed by atoms with Gasteiger partial charge in [-0.3, -0.25) is 4.79 Å². The number of likely N-dealkylation sites (tertiary alicyclic amines) is 1. The molecule has 1 saturated heterocycles. The van der Waals surface area contributed by atoms with Crippen LogP contribution in [0.5, 0.6) is 0 Å². The summed E-state index contributed by atoms with van der Waals surface area (Å²) in [6.07, 6.45) is 7.81. The van der Waals surface area contributed by atoms with Gasteiger partial charge in [0.05, 0.1) is 10.7 Å². The van der Waals surface area contributed by atoms with Crippen molar-refractivity contribution < 1.29 is 14.7 Å². The zero-order valence-corrected chi connectivity index (χ0v) is 21.4. The Labute approximate surface area is 212 Å². The van der Waals surface area contributed by atoms with Crippen molar-refractivity contribution in [3.8, 4) is 0 Å². The lowest BCUT2D eigenvalue weighted by molar-refractivity contribution is -0.141. The number of carbonyl (C=O) groups is 2. The fourth-order valence-electron chi connectivity index (χ4n) is 7.10. The Hall–Kier alpha value is -2.53. The first-order valence-electron chi connectivity index (χ1n) is 12.9. The number of hydrogen-bond donors (Lipinski definition) is 2. The summed E-state index contributed by atoms with van der Waals surface area (Å²) in [5.41, 5.74) is 3.68. The second kappa shape index (κ2) is 9.50. The number of aliphatic carboxylic acids is 1. The lowest BCUT2D eigenvalue weighted by Gasteiger charge is -2.47. The van der Waals surface area contributed by atoms with Gasteiger partial charge in [0.1, 0.15) is 6.04 Å². The maximum atomic E-state index is 12.8. The van der Waals surface area contributed by atoms with E-state index >= 15 is 0 Å². The van der Waals surface area contributed by atoms with Crippen LogP contribution in [0.4, 0.5) is 11.4 Å². The van der Waals surface area contributed by atoms with E-state index < -0.39 is 12.0 Å². The van der Waals surface area contributed by atoms with Crippen molar-refractivity contribution in [2.75, 3.05) is 11.9 Å². The van der Waals surface area contributed by atoms with Gasteiger partial charge in [0.25, 0.3) is 5.91 Å². The summed E-state index contributed by atoms with van der Waals surface area (Å²) in [6, 6.07) is 12.9. The summed E-state index contributed by atoms with van der Waals surface area (Å²) in [4.78, 5) is 25.7. The van der Waals surface area contributed by atoms with E-state index in [0.29, 0.717) is 23.6 Å². The average Bonchev–Trinajstić information content (AvgIpc) is 3.30. The highest BCUT2D eigenvalue weighted by atomic mass is 35.5. The number of benzene rings is 2. The fourth-order valence-corrected chi connectivity index (χ4v) is 7.33. The quantitative estimate of drug-likeness (QED) is 0.475. The van der Waals surface area contributed by atoms with Crippen molar-refractivity contribution in [3.63, 3.8) is 0 Å². The van der Waals surface area contributed by atoms with Crippen molar-refractivity contribution in [1.82, 2.24) is 4.90 Å². The third-order valence-corrected chi connectivity index (χ3v) is 8.80. The highest BCUT2D eigenvalue weighted by Gasteiger charge is 2.42. The highest BCUT2D eigenvalue weighted by molar-refractivity contribution is 6.33. The van der Waals surface area contributed by atoms with E-state index in [1.54, 1.807) is 12.1 Å². The van der Waals surface area contributed by atoms with Gasteiger partial charge in [0.15, 0.2) is 0 Å². The van der Waals surface area contributed by atoms with Crippen LogP contribution in [-0.2, 0) is 10.2 Å². The lowest BCUT2D eigenvalue weighted by atomic mass is 9.57. The molecule has 2 N–H and O–H groups in total. The van der Waals surface area contributed by atoms with Crippen molar-refractivity contribution in [1.29, 1.82) is 0 Å². The second-order valence-corrected chi connectivity index (χ2v) is 11.8. The molecule has 0 radical (unpaired) electrons. The Morgan fingerprint density at radius 3 is 2.37 bits per heavy atom. The summed E-state index contributed by atoms with van der Waals surface area (Å²) < 4.78 is 0.